The summed E-state index contributed by atoms with van der Waals surface area (Å²) < 4.78 is 0. The lowest BCUT2D eigenvalue weighted by molar-refractivity contribution is -0.128. The number of guanidine groups is 1. The molecule has 0 radical (unpaired) electrons. The molecule has 0 bridgehead atoms. The maximum Gasteiger partial charge on any atom is 0.242 e. The third-order valence-corrected chi connectivity index (χ3v) is 2.96. The predicted molar refractivity (Wildman–Crippen MR) is 84.3 cm³/mol. The quantitative estimate of drug-likeness (QED) is 0.185. The number of hydrogen-bond donors (Lipinski definition) is 5. The Morgan fingerprint density at radius 1 is 1.39 bits per heavy atom. The van der Waals surface area contributed by atoms with Crippen LogP contribution in [0.15, 0.2) is 29.5 Å². The predicted octanol–water partition coefficient (Wildman–Crippen LogP) is -0.724. The van der Waals surface area contributed by atoms with Crippen LogP contribution in [0.25, 0.3) is 0 Å². The van der Waals surface area contributed by atoms with Crippen LogP contribution in [-0.2, 0) is 16.1 Å². The van der Waals surface area contributed by atoms with Crippen molar-refractivity contribution in [1.29, 1.82) is 0 Å². The summed E-state index contributed by atoms with van der Waals surface area (Å²) in [6.45, 7) is 2.04. The highest BCUT2D eigenvalue weighted by Crippen LogP contribution is 2.01. The van der Waals surface area contributed by atoms with Gasteiger partial charge in [0.25, 0.3) is 0 Å². The number of aliphatic imine (C=N–C) groups is 1. The van der Waals surface area contributed by atoms with E-state index < -0.39 is 6.04 Å². The van der Waals surface area contributed by atoms with Crippen molar-refractivity contribution >= 4 is 17.8 Å². The molecule has 0 spiro atoms. The van der Waals surface area contributed by atoms with Crippen LogP contribution in [-0.4, -0.2) is 40.6 Å². The van der Waals surface area contributed by atoms with Crippen LogP contribution in [0.1, 0.15) is 25.3 Å². The summed E-state index contributed by atoms with van der Waals surface area (Å²) in [5.41, 5.74) is 7.92. The zero-order valence-electron chi connectivity index (χ0n) is 13.0. The van der Waals surface area contributed by atoms with Crippen molar-refractivity contribution in [3.8, 4) is 0 Å². The minimum Gasteiger partial charge on any atom is -0.368 e. The van der Waals surface area contributed by atoms with Crippen molar-refractivity contribution < 1.29 is 14.8 Å². The summed E-state index contributed by atoms with van der Waals surface area (Å²) in [4.78, 5) is 31.1. The van der Waals surface area contributed by atoms with Gasteiger partial charge in [-0.15, -0.1) is 0 Å². The first-order valence-electron chi connectivity index (χ1n) is 7.16. The second-order valence-corrected chi connectivity index (χ2v) is 4.85. The first-order valence-corrected chi connectivity index (χ1v) is 7.16. The molecule has 0 aliphatic rings. The number of rotatable bonds is 8. The SMILES string of the molecule is CC(=O)N[C@@H](CCCN=C(N)NO)C(=O)NCc1ccncc1. The highest BCUT2D eigenvalue weighted by molar-refractivity contribution is 5.86. The number of hydrogen-bond acceptors (Lipinski definition) is 5. The first kappa shape index (κ1) is 18.4. The molecule has 0 saturated carbocycles. The third-order valence-electron chi connectivity index (χ3n) is 2.96. The van der Waals surface area contributed by atoms with Gasteiger partial charge in [-0.25, -0.2) is 5.48 Å². The Balaban J connectivity index is 2.48. The van der Waals surface area contributed by atoms with Crippen molar-refractivity contribution in [3.05, 3.63) is 30.1 Å². The van der Waals surface area contributed by atoms with Crippen LogP contribution in [0.2, 0.25) is 0 Å². The highest BCUT2D eigenvalue weighted by Gasteiger charge is 2.18. The lowest BCUT2D eigenvalue weighted by atomic mass is 10.1. The van der Waals surface area contributed by atoms with Gasteiger partial charge in [0.1, 0.15) is 6.04 Å². The van der Waals surface area contributed by atoms with Crippen molar-refractivity contribution in [2.24, 2.45) is 10.7 Å². The van der Waals surface area contributed by atoms with Gasteiger partial charge in [-0.05, 0) is 30.5 Å². The van der Waals surface area contributed by atoms with Crippen LogP contribution >= 0.6 is 0 Å². The van der Waals surface area contributed by atoms with E-state index in [1.165, 1.54) is 6.92 Å². The fourth-order valence-electron chi connectivity index (χ4n) is 1.86. The molecule has 1 heterocycles. The topological polar surface area (TPSA) is 142 Å². The molecule has 2 amide bonds. The number of carbonyl (C=O) groups is 2. The molecule has 0 fully saturated rings. The molecule has 9 nitrogen and oxygen atoms in total. The highest BCUT2D eigenvalue weighted by atomic mass is 16.5. The molecule has 0 aliphatic heterocycles. The Bertz CT molecular complexity index is 535. The molecule has 1 atom stereocenters. The Labute approximate surface area is 134 Å². The Kier molecular flexibility index (Phi) is 8.08. The first-order chi connectivity index (χ1) is 11.0. The number of nitrogens with zero attached hydrogens (tertiary/aromatic N) is 2. The fourth-order valence-corrected chi connectivity index (χ4v) is 1.86. The van der Waals surface area contributed by atoms with Gasteiger partial charge >= 0.3 is 0 Å². The van der Waals surface area contributed by atoms with Gasteiger partial charge in [-0.2, -0.15) is 0 Å². The zero-order valence-corrected chi connectivity index (χ0v) is 13.0. The molecule has 126 valence electrons. The average molecular weight is 322 g/mol. The molecule has 9 heteroatoms. The van der Waals surface area contributed by atoms with Crippen LogP contribution in [0.4, 0.5) is 0 Å². The molecule has 0 aromatic carbocycles. The second-order valence-electron chi connectivity index (χ2n) is 4.85. The smallest absolute Gasteiger partial charge is 0.242 e. The largest absolute Gasteiger partial charge is 0.368 e. The maximum absolute atomic E-state index is 12.2. The van der Waals surface area contributed by atoms with Gasteiger partial charge in [0.15, 0.2) is 0 Å². The van der Waals surface area contributed by atoms with Gasteiger partial charge < -0.3 is 16.4 Å². The molecule has 6 N–H and O–H groups in total. The Morgan fingerprint density at radius 2 is 2.09 bits per heavy atom. The molecule has 0 aliphatic carbocycles. The van der Waals surface area contributed by atoms with Crippen molar-refractivity contribution in [1.82, 2.24) is 21.1 Å². The Morgan fingerprint density at radius 3 is 2.70 bits per heavy atom. The standard InChI is InChI=1S/C14H22N6O3/c1-10(21)19-12(3-2-6-17-14(15)20-23)13(22)18-9-11-4-7-16-8-5-11/h4-5,7-8,12,23H,2-3,6,9H2,1H3,(H,18,22)(H,19,21)(H3,15,17,20)/t12-/m0/s1. The molecule has 0 saturated heterocycles. The number of hydroxylamine groups is 1. The minimum atomic E-state index is -0.646. The van der Waals surface area contributed by atoms with Gasteiger partial charge in [-0.3, -0.25) is 24.8 Å². The number of pyridine rings is 1. The van der Waals surface area contributed by atoms with Crippen LogP contribution in [0, 0.1) is 0 Å². The van der Waals surface area contributed by atoms with E-state index in [1.54, 1.807) is 30.0 Å². The van der Waals surface area contributed by atoms with Gasteiger partial charge in [0.05, 0.1) is 0 Å². The summed E-state index contributed by atoms with van der Waals surface area (Å²) in [6, 6.07) is 2.95. The summed E-state index contributed by atoms with van der Waals surface area (Å²) >= 11 is 0. The molecular weight excluding hydrogens is 300 g/mol. The number of nitrogens with two attached hydrogens (primary N) is 1. The number of amides is 2. The molecule has 0 unspecified atom stereocenters. The van der Waals surface area contributed by atoms with E-state index in [2.05, 4.69) is 20.6 Å². The Hall–Kier alpha value is -2.68. The van der Waals surface area contributed by atoms with E-state index in [0.717, 1.165) is 5.56 Å². The van der Waals surface area contributed by atoms with Crippen molar-refractivity contribution in [2.45, 2.75) is 32.4 Å². The monoisotopic (exact) mass is 322 g/mol. The number of carbonyl (C=O) groups excluding carboxylic acids is 2. The van der Waals surface area contributed by atoms with E-state index >= 15 is 0 Å². The van der Waals surface area contributed by atoms with Crippen LogP contribution in [0.3, 0.4) is 0 Å². The zero-order chi connectivity index (χ0) is 17.1. The fraction of sp³-hybridized carbons (Fsp3) is 0.429. The van der Waals surface area contributed by atoms with E-state index in [1.807, 2.05) is 0 Å². The lowest BCUT2D eigenvalue weighted by Gasteiger charge is -2.17. The second kappa shape index (κ2) is 10.1. The molecule has 23 heavy (non-hydrogen) atoms. The summed E-state index contributed by atoms with van der Waals surface area (Å²) in [5.74, 6) is -0.647. The summed E-state index contributed by atoms with van der Waals surface area (Å²) in [7, 11) is 0. The third kappa shape index (κ3) is 7.77. The van der Waals surface area contributed by atoms with Gasteiger partial charge in [0.2, 0.25) is 17.8 Å². The maximum atomic E-state index is 12.2. The average Bonchev–Trinajstić information content (AvgIpc) is 2.55. The summed E-state index contributed by atoms with van der Waals surface area (Å²) in [6.07, 6.45) is 4.22. The van der Waals surface area contributed by atoms with Crippen LogP contribution in [0.5, 0.6) is 0 Å². The summed E-state index contributed by atoms with van der Waals surface area (Å²) in [5, 5.41) is 13.9. The van der Waals surface area contributed by atoms with E-state index in [0.29, 0.717) is 25.9 Å². The number of nitrogens with one attached hydrogen (secondary N) is 3. The van der Waals surface area contributed by atoms with E-state index in [9.17, 15) is 9.59 Å². The lowest BCUT2D eigenvalue weighted by Crippen LogP contribution is -2.45. The molecule has 1 rings (SSSR count). The molecule has 1 aromatic rings. The minimum absolute atomic E-state index is 0.0942. The normalized spacial score (nSPS) is 12.3. The van der Waals surface area contributed by atoms with Crippen LogP contribution < -0.4 is 21.8 Å². The van der Waals surface area contributed by atoms with E-state index in [4.69, 9.17) is 10.9 Å². The van der Waals surface area contributed by atoms with Gasteiger partial charge in [-0.1, -0.05) is 0 Å². The molecule has 1 aromatic heterocycles. The molecular formula is C14H22N6O3. The van der Waals surface area contributed by atoms with Crippen molar-refractivity contribution in [3.63, 3.8) is 0 Å². The van der Waals surface area contributed by atoms with E-state index in [-0.39, 0.29) is 17.8 Å². The van der Waals surface area contributed by atoms with Gasteiger partial charge in [0, 0.05) is 32.4 Å². The number of aromatic nitrogens is 1. The van der Waals surface area contributed by atoms with Crippen molar-refractivity contribution in [2.75, 3.05) is 6.54 Å².